The van der Waals surface area contributed by atoms with Gasteiger partial charge in [-0.1, -0.05) is 28.1 Å². The van der Waals surface area contributed by atoms with Gasteiger partial charge in [-0.15, -0.1) is 0 Å². The standard InChI is InChI=1S/C20H32BrN3O2/c1-22(2)10-16-20(14-6-8-15(21)9-7-14)17-11-23(3)12-18(25-4)19(26-5)13-24(16)17/h6-9,16-20H,10-13H2,1-5H3/t16-,17+,18-,19+,20+/m1/s1. The van der Waals surface area contributed by atoms with Gasteiger partial charge in [0.15, 0.2) is 0 Å². The monoisotopic (exact) mass is 425 g/mol. The Morgan fingerprint density at radius 2 is 1.65 bits per heavy atom. The van der Waals surface area contributed by atoms with E-state index >= 15 is 0 Å². The number of rotatable bonds is 5. The second-order valence-corrected chi connectivity index (χ2v) is 8.86. The van der Waals surface area contributed by atoms with E-state index in [2.05, 4.69) is 76.0 Å². The van der Waals surface area contributed by atoms with Crippen molar-refractivity contribution in [1.82, 2.24) is 14.7 Å². The molecule has 2 aliphatic rings. The Labute approximate surface area is 166 Å². The largest absolute Gasteiger partial charge is 0.377 e. The molecule has 0 aromatic heterocycles. The predicted molar refractivity (Wildman–Crippen MR) is 109 cm³/mol. The van der Waals surface area contributed by atoms with E-state index in [9.17, 15) is 0 Å². The minimum Gasteiger partial charge on any atom is -0.377 e. The van der Waals surface area contributed by atoms with Crippen LogP contribution in [0.3, 0.4) is 0 Å². The van der Waals surface area contributed by atoms with Crippen LogP contribution >= 0.6 is 15.9 Å². The summed E-state index contributed by atoms with van der Waals surface area (Å²) < 4.78 is 12.7. The Morgan fingerprint density at radius 3 is 2.23 bits per heavy atom. The van der Waals surface area contributed by atoms with E-state index in [1.807, 2.05) is 0 Å². The van der Waals surface area contributed by atoms with Crippen molar-refractivity contribution in [3.05, 3.63) is 34.3 Å². The number of hydrogen-bond acceptors (Lipinski definition) is 5. The van der Waals surface area contributed by atoms with Crippen LogP contribution in [-0.2, 0) is 9.47 Å². The highest BCUT2D eigenvalue weighted by Crippen LogP contribution is 2.42. The van der Waals surface area contributed by atoms with Crippen LogP contribution in [0.2, 0.25) is 0 Å². The molecule has 5 atom stereocenters. The van der Waals surface area contributed by atoms with Gasteiger partial charge in [0.05, 0.1) is 12.2 Å². The smallest absolute Gasteiger partial charge is 0.0972 e. The quantitative estimate of drug-likeness (QED) is 0.720. The highest BCUT2D eigenvalue weighted by Gasteiger charge is 2.51. The first-order valence-electron chi connectivity index (χ1n) is 9.34. The molecule has 2 fully saturated rings. The summed E-state index contributed by atoms with van der Waals surface area (Å²) in [6, 6.07) is 9.89. The van der Waals surface area contributed by atoms with E-state index < -0.39 is 0 Å². The predicted octanol–water partition coefficient (Wildman–Crippen LogP) is 2.12. The Balaban J connectivity index is 1.88. The van der Waals surface area contributed by atoms with Gasteiger partial charge in [0.2, 0.25) is 0 Å². The van der Waals surface area contributed by atoms with Crippen molar-refractivity contribution in [3.63, 3.8) is 0 Å². The maximum Gasteiger partial charge on any atom is 0.0972 e. The van der Waals surface area contributed by atoms with Crippen molar-refractivity contribution in [3.8, 4) is 0 Å². The Kier molecular flexibility index (Phi) is 6.75. The Bertz CT molecular complexity index is 577. The summed E-state index contributed by atoms with van der Waals surface area (Å²) >= 11 is 3.57. The molecule has 1 aromatic carbocycles. The lowest BCUT2D eigenvalue weighted by Crippen LogP contribution is -2.71. The zero-order valence-corrected chi connectivity index (χ0v) is 18.1. The maximum absolute atomic E-state index is 5.83. The molecule has 2 heterocycles. The van der Waals surface area contributed by atoms with Gasteiger partial charge in [-0.2, -0.15) is 0 Å². The van der Waals surface area contributed by atoms with Crippen LogP contribution in [0.5, 0.6) is 0 Å². The molecular formula is C20H32BrN3O2. The highest BCUT2D eigenvalue weighted by molar-refractivity contribution is 9.10. The van der Waals surface area contributed by atoms with E-state index in [0.29, 0.717) is 18.0 Å². The average molecular weight is 426 g/mol. The normalized spacial score (nSPS) is 33.4. The molecule has 146 valence electrons. The van der Waals surface area contributed by atoms with Crippen molar-refractivity contribution >= 4 is 15.9 Å². The number of ether oxygens (including phenoxy) is 2. The van der Waals surface area contributed by atoms with Gasteiger partial charge in [0.25, 0.3) is 0 Å². The summed E-state index contributed by atoms with van der Waals surface area (Å²) in [5.41, 5.74) is 1.44. The van der Waals surface area contributed by atoms with E-state index in [-0.39, 0.29) is 12.2 Å². The fourth-order valence-electron chi connectivity index (χ4n) is 4.62. The van der Waals surface area contributed by atoms with E-state index in [1.165, 1.54) is 5.56 Å². The van der Waals surface area contributed by atoms with Gasteiger partial charge in [0, 0.05) is 62.9 Å². The molecule has 1 aromatic rings. The van der Waals surface area contributed by atoms with E-state index in [0.717, 1.165) is 30.7 Å². The number of likely N-dealkylation sites (N-methyl/N-ethyl adjacent to an activating group) is 2. The minimum absolute atomic E-state index is 0.0979. The van der Waals surface area contributed by atoms with E-state index in [1.54, 1.807) is 14.2 Å². The molecule has 6 heteroatoms. The van der Waals surface area contributed by atoms with Gasteiger partial charge in [-0.25, -0.2) is 0 Å². The maximum atomic E-state index is 5.83. The number of hydrogen-bond donors (Lipinski definition) is 0. The van der Waals surface area contributed by atoms with Gasteiger partial charge >= 0.3 is 0 Å². The Hall–Kier alpha value is -0.500. The molecule has 5 nitrogen and oxygen atoms in total. The van der Waals surface area contributed by atoms with Crippen molar-refractivity contribution in [2.75, 3.05) is 61.5 Å². The average Bonchev–Trinajstić information content (AvgIpc) is 2.60. The lowest BCUT2D eigenvalue weighted by molar-refractivity contribution is -0.127. The van der Waals surface area contributed by atoms with Gasteiger partial charge in [0.1, 0.15) is 0 Å². The first kappa shape index (κ1) is 20.2. The molecule has 0 N–H and O–H groups in total. The van der Waals surface area contributed by atoms with Crippen LogP contribution < -0.4 is 0 Å². The van der Waals surface area contributed by atoms with Crippen LogP contribution in [0.15, 0.2) is 28.7 Å². The van der Waals surface area contributed by atoms with Gasteiger partial charge in [-0.05, 0) is 38.8 Å². The lowest BCUT2D eigenvalue weighted by Gasteiger charge is -2.59. The molecule has 0 radical (unpaired) electrons. The summed E-state index contributed by atoms with van der Waals surface area (Å²) in [6.07, 6.45) is 0.207. The van der Waals surface area contributed by atoms with Gasteiger partial charge < -0.3 is 19.3 Å². The second-order valence-electron chi connectivity index (χ2n) is 7.94. The van der Waals surface area contributed by atoms with Gasteiger partial charge in [-0.3, -0.25) is 4.90 Å². The van der Waals surface area contributed by atoms with Crippen molar-refractivity contribution in [1.29, 1.82) is 0 Å². The number of halogens is 1. The number of methoxy groups -OCH3 is 2. The third kappa shape index (κ3) is 4.16. The third-order valence-electron chi connectivity index (χ3n) is 5.89. The molecule has 0 aliphatic carbocycles. The molecule has 0 unspecified atom stereocenters. The SMILES string of the molecule is CO[C@H]1CN2[C@H](CN(C)C)[C@H](c3ccc(Br)cc3)[C@@H]2CN(C)C[C@H]1OC. The second kappa shape index (κ2) is 8.67. The minimum atomic E-state index is 0.0979. The third-order valence-corrected chi connectivity index (χ3v) is 6.42. The van der Waals surface area contributed by atoms with Crippen molar-refractivity contribution in [2.45, 2.75) is 30.2 Å². The van der Waals surface area contributed by atoms with Crippen molar-refractivity contribution < 1.29 is 9.47 Å². The lowest BCUT2D eigenvalue weighted by atomic mass is 9.73. The zero-order chi connectivity index (χ0) is 18.8. The summed E-state index contributed by atoms with van der Waals surface area (Å²) in [5.74, 6) is 0.546. The Morgan fingerprint density at radius 1 is 1.04 bits per heavy atom. The summed E-state index contributed by atoms with van der Waals surface area (Å²) in [7, 11) is 10.1. The number of fused-ring (bicyclic) bond motifs is 1. The van der Waals surface area contributed by atoms with Crippen molar-refractivity contribution in [2.24, 2.45) is 0 Å². The van der Waals surface area contributed by atoms with Crippen LogP contribution in [0.4, 0.5) is 0 Å². The molecule has 0 saturated carbocycles. The molecule has 26 heavy (non-hydrogen) atoms. The fourth-order valence-corrected chi connectivity index (χ4v) is 4.89. The van der Waals surface area contributed by atoms with Crippen LogP contribution in [-0.4, -0.2) is 101 Å². The molecular weight excluding hydrogens is 394 g/mol. The molecule has 3 rings (SSSR count). The highest BCUT2D eigenvalue weighted by atomic mass is 79.9. The molecule has 0 bridgehead atoms. The zero-order valence-electron chi connectivity index (χ0n) is 16.6. The molecule has 0 amide bonds. The summed E-state index contributed by atoms with van der Waals surface area (Å²) in [4.78, 5) is 7.34. The molecule has 2 aliphatic heterocycles. The first-order valence-corrected chi connectivity index (χ1v) is 10.1. The summed E-state index contributed by atoms with van der Waals surface area (Å²) in [6.45, 7) is 3.94. The topological polar surface area (TPSA) is 28.2 Å². The number of benzene rings is 1. The fraction of sp³-hybridized carbons (Fsp3) is 0.700. The summed E-state index contributed by atoms with van der Waals surface area (Å²) in [5, 5.41) is 0. The first-order chi connectivity index (χ1) is 12.4. The van der Waals surface area contributed by atoms with E-state index in [4.69, 9.17) is 9.47 Å². The van der Waals surface area contributed by atoms with Crippen LogP contribution in [0, 0.1) is 0 Å². The van der Waals surface area contributed by atoms with Crippen LogP contribution in [0.1, 0.15) is 11.5 Å². The van der Waals surface area contributed by atoms with Crippen LogP contribution in [0.25, 0.3) is 0 Å². The number of nitrogens with zero attached hydrogens (tertiary/aromatic N) is 3. The molecule has 2 saturated heterocycles. The molecule has 0 spiro atoms.